The molecule has 0 fully saturated rings. The molecule has 216 valence electrons. The van der Waals surface area contributed by atoms with Crippen LogP contribution in [0.15, 0.2) is 53.5 Å². The number of amides is 2. The van der Waals surface area contributed by atoms with Crippen molar-refractivity contribution in [2.24, 2.45) is 16.6 Å². The summed E-state index contributed by atoms with van der Waals surface area (Å²) in [6.45, 7) is 1.99. The zero-order valence-corrected chi connectivity index (χ0v) is 23.2. The van der Waals surface area contributed by atoms with Crippen LogP contribution in [0.3, 0.4) is 0 Å². The number of nitrogens with two attached hydrogens (primary N) is 1. The van der Waals surface area contributed by atoms with Gasteiger partial charge in [0.2, 0.25) is 11.8 Å². The second-order valence-electron chi connectivity index (χ2n) is 11.9. The fraction of sp³-hybridized carbons (Fsp3) is 0.469. The Bertz CT molecular complexity index is 1440. The van der Waals surface area contributed by atoms with Gasteiger partial charge in [0.1, 0.15) is 0 Å². The first-order chi connectivity index (χ1) is 19.6. The molecule has 0 saturated carbocycles. The zero-order chi connectivity index (χ0) is 28.9. The summed E-state index contributed by atoms with van der Waals surface area (Å²) in [6.07, 6.45) is 5.32. The summed E-state index contributed by atoms with van der Waals surface area (Å²) < 4.78 is 30.9. The molecular formula is C32H36F2N4O3. The van der Waals surface area contributed by atoms with Crippen LogP contribution < -0.4 is 11.1 Å². The van der Waals surface area contributed by atoms with Gasteiger partial charge in [0.15, 0.2) is 5.96 Å². The lowest BCUT2D eigenvalue weighted by Gasteiger charge is -2.46. The second kappa shape index (κ2) is 10.4. The topological polar surface area (TPSA) is 108 Å². The summed E-state index contributed by atoms with van der Waals surface area (Å²) in [5.74, 6) is -4.37. The number of alkyl halides is 2. The third kappa shape index (κ3) is 4.94. The number of carbonyl (C=O) groups excluding carboxylic acids is 2. The van der Waals surface area contributed by atoms with E-state index >= 15 is 8.78 Å². The zero-order valence-electron chi connectivity index (χ0n) is 23.2. The van der Waals surface area contributed by atoms with Crippen LogP contribution in [-0.2, 0) is 21.9 Å². The quantitative estimate of drug-likeness (QED) is 0.460. The first-order valence-electron chi connectivity index (χ1n) is 14.5. The van der Waals surface area contributed by atoms with Gasteiger partial charge in [0, 0.05) is 24.8 Å². The number of aliphatic hydroxyl groups is 1. The van der Waals surface area contributed by atoms with Crippen LogP contribution >= 0.6 is 0 Å². The highest BCUT2D eigenvalue weighted by atomic mass is 19.3. The summed E-state index contributed by atoms with van der Waals surface area (Å²) in [5.41, 5.74) is 8.88. The van der Waals surface area contributed by atoms with Crippen LogP contribution in [0.1, 0.15) is 91.8 Å². The molecule has 41 heavy (non-hydrogen) atoms. The Morgan fingerprint density at radius 3 is 2.76 bits per heavy atom. The maximum absolute atomic E-state index is 15.5. The molecule has 2 aromatic carbocycles. The number of hydrogen-bond acceptors (Lipinski definition) is 5. The number of carbonyl (C=O) groups is 2. The van der Waals surface area contributed by atoms with Crippen molar-refractivity contribution in [3.05, 3.63) is 76.4 Å². The minimum atomic E-state index is -3.12. The van der Waals surface area contributed by atoms with Crippen LogP contribution in [0.4, 0.5) is 8.78 Å². The Balaban J connectivity index is 1.42. The Morgan fingerprint density at radius 1 is 1.17 bits per heavy atom. The lowest BCUT2D eigenvalue weighted by molar-refractivity contribution is -0.135. The average molecular weight is 563 g/mol. The van der Waals surface area contributed by atoms with Gasteiger partial charge in [0.25, 0.3) is 5.92 Å². The summed E-state index contributed by atoms with van der Waals surface area (Å²) in [7, 11) is 0. The first kappa shape index (κ1) is 27.6. The number of benzene rings is 2. The summed E-state index contributed by atoms with van der Waals surface area (Å²) in [6, 6.07) is 10.9. The Morgan fingerprint density at radius 2 is 1.98 bits per heavy atom. The molecular weight excluding hydrogens is 526 g/mol. The summed E-state index contributed by atoms with van der Waals surface area (Å²) in [5, 5.41) is 13.7. The highest BCUT2D eigenvalue weighted by molar-refractivity contribution is 5.99. The van der Waals surface area contributed by atoms with Gasteiger partial charge in [-0.1, -0.05) is 55.5 Å². The van der Waals surface area contributed by atoms with E-state index in [0.29, 0.717) is 31.2 Å². The number of aliphatic hydroxyl groups excluding tert-OH is 1. The number of halogens is 2. The summed E-state index contributed by atoms with van der Waals surface area (Å²) in [4.78, 5) is 33.3. The maximum Gasteiger partial charge on any atom is 0.273 e. The minimum absolute atomic E-state index is 0.0322. The van der Waals surface area contributed by atoms with Gasteiger partial charge in [-0.05, 0) is 59.9 Å². The van der Waals surface area contributed by atoms with Gasteiger partial charge in [-0.15, -0.1) is 0 Å². The molecule has 0 saturated heterocycles. The van der Waals surface area contributed by atoms with Crippen molar-refractivity contribution in [1.82, 2.24) is 10.2 Å². The number of rotatable bonds is 1. The van der Waals surface area contributed by atoms with Crippen LogP contribution in [0.5, 0.6) is 0 Å². The summed E-state index contributed by atoms with van der Waals surface area (Å²) >= 11 is 0. The van der Waals surface area contributed by atoms with Crippen molar-refractivity contribution in [2.75, 3.05) is 0 Å². The predicted molar refractivity (Wildman–Crippen MR) is 152 cm³/mol. The highest BCUT2D eigenvalue weighted by Gasteiger charge is 2.51. The van der Waals surface area contributed by atoms with Crippen LogP contribution in [-0.4, -0.2) is 39.4 Å². The minimum Gasteiger partial charge on any atom is -0.390 e. The molecule has 2 aromatic rings. The largest absolute Gasteiger partial charge is 0.390 e. The molecule has 9 heteroatoms. The number of hydrogen-bond donors (Lipinski definition) is 3. The molecule has 7 nitrogen and oxygen atoms in total. The van der Waals surface area contributed by atoms with Crippen LogP contribution in [0.25, 0.3) is 6.08 Å². The SMILES string of the molecule is CC[C@@]12CC/C=C/c3ccc4c(c3)[C@@H](NC(=O)CC[C@@H]3CC(F)(F)c5ccccc5[C@H]3N(C(=O)C1)C(N)=N2)[C@H](O)C4. The van der Waals surface area contributed by atoms with Crippen molar-refractivity contribution >= 4 is 23.8 Å². The molecule has 2 aliphatic carbocycles. The number of aliphatic imine (C=N–C) groups is 1. The van der Waals surface area contributed by atoms with E-state index in [1.54, 1.807) is 18.2 Å². The van der Waals surface area contributed by atoms with E-state index in [1.165, 1.54) is 11.0 Å². The fourth-order valence-electron chi connectivity index (χ4n) is 7.21. The highest BCUT2D eigenvalue weighted by Crippen LogP contribution is 2.51. The first-order valence-corrected chi connectivity index (χ1v) is 14.5. The predicted octanol–water partition coefficient (Wildman–Crippen LogP) is 4.90. The molecule has 5 atom stereocenters. The van der Waals surface area contributed by atoms with E-state index in [-0.39, 0.29) is 42.6 Å². The third-order valence-electron chi connectivity index (χ3n) is 9.39. The molecule has 4 N–H and O–H groups in total. The smallest absolute Gasteiger partial charge is 0.273 e. The van der Waals surface area contributed by atoms with E-state index in [4.69, 9.17) is 10.7 Å². The molecule has 3 heterocycles. The standard InChI is InChI=1S/C32H36F2N4O3/c1-2-31-14-6-5-7-19-10-11-20-16-25(39)28(23(20)15-19)36-26(40)13-12-21-17-32(33,34)24-9-4-3-8-22(24)29(21)38(27(41)18-31)30(35)37-31/h3-5,7-11,15,21,25,28-29,39H,2,6,12-14,16-18H2,1H3,(H2,35,37)(H,36,40)/b7-5+/t21-,25-,28-,29+,31-/m1/s1. The van der Waals surface area contributed by atoms with Gasteiger partial charge in [0.05, 0.1) is 30.1 Å². The third-order valence-corrected chi connectivity index (χ3v) is 9.39. The number of guanidine groups is 1. The molecule has 5 aliphatic rings. The number of allylic oxidation sites excluding steroid dienone is 1. The van der Waals surface area contributed by atoms with Gasteiger partial charge in [-0.3, -0.25) is 14.5 Å². The van der Waals surface area contributed by atoms with E-state index in [2.05, 4.69) is 5.32 Å². The lowest BCUT2D eigenvalue weighted by Crippen LogP contribution is -2.55. The van der Waals surface area contributed by atoms with Crippen molar-refractivity contribution in [1.29, 1.82) is 0 Å². The molecule has 7 rings (SSSR count). The van der Waals surface area contributed by atoms with Gasteiger partial charge in [-0.25, -0.2) is 13.8 Å². The second-order valence-corrected chi connectivity index (χ2v) is 11.9. The maximum atomic E-state index is 15.5. The molecule has 0 spiro atoms. The van der Waals surface area contributed by atoms with Crippen LogP contribution in [0.2, 0.25) is 0 Å². The Kier molecular flexibility index (Phi) is 6.96. The monoisotopic (exact) mass is 562 g/mol. The van der Waals surface area contributed by atoms with E-state index in [1.807, 2.05) is 37.3 Å². The number of fused-ring (bicyclic) bond motifs is 7. The van der Waals surface area contributed by atoms with E-state index in [0.717, 1.165) is 16.7 Å². The van der Waals surface area contributed by atoms with Crippen molar-refractivity contribution in [3.63, 3.8) is 0 Å². The van der Waals surface area contributed by atoms with Gasteiger partial charge in [-0.2, -0.15) is 0 Å². The number of nitrogens with one attached hydrogen (secondary N) is 1. The lowest BCUT2D eigenvalue weighted by atomic mass is 9.74. The number of nitrogens with zero attached hydrogens (tertiary/aromatic N) is 2. The Labute approximate surface area is 238 Å². The molecule has 4 bridgehead atoms. The van der Waals surface area contributed by atoms with Crippen molar-refractivity contribution in [2.45, 2.75) is 87.9 Å². The van der Waals surface area contributed by atoms with Crippen molar-refractivity contribution < 1.29 is 23.5 Å². The van der Waals surface area contributed by atoms with Crippen molar-refractivity contribution in [3.8, 4) is 0 Å². The molecule has 3 aliphatic heterocycles. The molecule has 0 unspecified atom stereocenters. The molecule has 0 radical (unpaired) electrons. The van der Waals surface area contributed by atoms with E-state index in [9.17, 15) is 14.7 Å². The van der Waals surface area contributed by atoms with Gasteiger partial charge < -0.3 is 16.2 Å². The average Bonchev–Trinajstić information content (AvgIpc) is 3.24. The van der Waals surface area contributed by atoms with E-state index < -0.39 is 42.0 Å². The molecule has 2 amide bonds. The Hall–Kier alpha value is -3.59. The van der Waals surface area contributed by atoms with Crippen LogP contribution in [0, 0.1) is 5.92 Å². The fourth-order valence-corrected chi connectivity index (χ4v) is 7.21. The molecule has 0 aromatic heterocycles. The van der Waals surface area contributed by atoms with Gasteiger partial charge >= 0.3 is 0 Å². The normalized spacial score (nSPS) is 31.8.